The van der Waals surface area contributed by atoms with Gasteiger partial charge in [0.25, 0.3) is 0 Å². The zero-order valence-corrected chi connectivity index (χ0v) is 12.9. The second-order valence-electron chi connectivity index (χ2n) is 6.10. The van der Waals surface area contributed by atoms with E-state index in [-0.39, 0.29) is 12.0 Å². The molecule has 5 heteroatoms. The smallest absolute Gasteiger partial charge is 0.249 e. The van der Waals surface area contributed by atoms with Crippen LogP contribution in [-0.2, 0) is 16.1 Å². The minimum absolute atomic E-state index is 0.0277. The van der Waals surface area contributed by atoms with Crippen molar-refractivity contribution in [3.05, 3.63) is 23.9 Å². The van der Waals surface area contributed by atoms with Gasteiger partial charge < -0.3 is 14.8 Å². The number of nitrogens with zero attached hydrogens (tertiary/aromatic N) is 1. The lowest BCUT2D eigenvalue weighted by atomic mass is 9.98. The Morgan fingerprint density at radius 3 is 2.77 bits per heavy atom. The first kappa shape index (κ1) is 15.3. The van der Waals surface area contributed by atoms with E-state index < -0.39 is 0 Å². The number of amides is 1. The summed E-state index contributed by atoms with van der Waals surface area (Å²) < 4.78 is 11.3. The molecule has 0 unspecified atom stereocenters. The zero-order chi connectivity index (χ0) is 15.2. The van der Waals surface area contributed by atoms with E-state index >= 15 is 0 Å². The number of hydrogen-bond donors (Lipinski definition) is 1. The topological polar surface area (TPSA) is 60.5 Å². The maximum Gasteiger partial charge on any atom is 0.249 e. The monoisotopic (exact) mass is 304 g/mol. The van der Waals surface area contributed by atoms with E-state index in [0.717, 1.165) is 31.2 Å². The lowest BCUT2D eigenvalue weighted by Gasteiger charge is -2.22. The first-order chi connectivity index (χ1) is 10.8. The minimum Gasteiger partial charge on any atom is -0.474 e. The summed E-state index contributed by atoms with van der Waals surface area (Å²) in [6.07, 6.45) is 9.65. The van der Waals surface area contributed by atoms with Crippen molar-refractivity contribution in [2.24, 2.45) is 0 Å². The lowest BCUT2D eigenvalue weighted by Crippen LogP contribution is -2.33. The van der Waals surface area contributed by atoms with E-state index in [1.165, 1.54) is 19.3 Å². The van der Waals surface area contributed by atoms with Gasteiger partial charge in [-0.25, -0.2) is 4.98 Å². The molecule has 1 aliphatic heterocycles. The van der Waals surface area contributed by atoms with E-state index in [2.05, 4.69) is 10.3 Å². The highest BCUT2D eigenvalue weighted by Crippen LogP contribution is 2.22. The molecule has 22 heavy (non-hydrogen) atoms. The van der Waals surface area contributed by atoms with Crippen molar-refractivity contribution in [2.75, 3.05) is 6.61 Å². The quantitative estimate of drug-likeness (QED) is 0.908. The third-order valence-electron chi connectivity index (χ3n) is 4.33. The van der Waals surface area contributed by atoms with E-state index in [1.54, 1.807) is 6.20 Å². The van der Waals surface area contributed by atoms with Crippen LogP contribution in [0.2, 0.25) is 0 Å². The van der Waals surface area contributed by atoms with Gasteiger partial charge in [0, 0.05) is 25.4 Å². The van der Waals surface area contributed by atoms with E-state index in [4.69, 9.17) is 9.47 Å². The summed E-state index contributed by atoms with van der Waals surface area (Å²) in [6.45, 7) is 1.17. The highest BCUT2D eigenvalue weighted by atomic mass is 16.5. The molecule has 1 saturated heterocycles. The second kappa shape index (κ2) is 7.58. The summed E-state index contributed by atoms with van der Waals surface area (Å²) in [6, 6.07) is 3.85. The van der Waals surface area contributed by atoms with Gasteiger partial charge in [0.05, 0.1) is 0 Å². The van der Waals surface area contributed by atoms with E-state index in [0.29, 0.717) is 25.1 Å². The van der Waals surface area contributed by atoms with Crippen LogP contribution in [0.1, 0.15) is 50.5 Å². The first-order valence-electron chi connectivity index (χ1n) is 8.32. The molecule has 1 amide bonds. The van der Waals surface area contributed by atoms with Gasteiger partial charge in [0.2, 0.25) is 11.8 Å². The third kappa shape index (κ3) is 4.19. The molecule has 1 aromatic heterocycles. The third-order valence-corrected chi connectivity index (χ3v) is 4.33. The molecule has 1 saturated carbocycles. The molecule has 2 aliphatic rings. The van der Waals surface area contributed by atoms with Crippen molar-refractivity contribution in [2.45, 2.75) is 63.7 Å². The summed E-state index contributed by atoms with van der Waals surface area (Å²) in [5, 5.41) is 2.90. The predicted molar refractivity (Wildman–Crippen MR) is 82.6 cm³/mol. The Morgan fingerprint density at radius 1 is 1.23 bits per heavy atom. The van der Waals surface area contributed by atoms with Gasteiger partial charge in [-0.2, -0.15) is 0 Å². The number of rotatable bonds is 5. The van der Waals surface area contributed by atoms with Crippen molar-refractivity contribution < 1.29 is 14.3 Å². The fraction of sp³-hybridized carbons (Fsp3) is 0.647. The average molecular weight is 304 g/mol. The summed E-state index contributed by atoms with van der Waals surface area (Å²) in [7, 11) is 0. The Morgan fingerprint density at radius 2 is 2.09 bits per heavy atom. The molecule has 0 aromatic carbocycles. The molecule has 1 atom stereocenters. The molecule has 120 valence electrons. The summed E-state index contributed by atoms with van der Waals surface area (Å²) in [5.74, 6) is 0.654. The lowest BCUT2D eigenvalue weighted by molar-refractivity contribution is -0.130. The van der Waals surface area contributed by atoms with Gasteiger partial charge in [0.15, 0.2) is 0 Å². The van der Waals surface area contributed by atoms with Gasteiger partial charge in [-0.1, -0.05) is 12.5 Å². The molecule has 1 N–H and O–H groups in total. The number of carbonyl (C=O) groups is 1. The van der Waals surface area contributed by atoms with Crippen LogP contribution in [0.15, 0.2) is 18.3 Å². The van der Waals surface area contributed by atoms with Crippen LogP contribution < -0.4 is 10.1 Å². The minimum atomic E-state index is -0.276. The summed E-state index contributed by atoms with van der Waals surface area (Å²) >= 11 is 0. The van der Waals surface area contributed by atoms with Gasteiger partial charge >= 0.3 is 0 Å². The fourth-order valence-corrected chi connectivity index (χ4v) is 3.03. The standard InChI is InChI=1S/C17H24N2O3/c20-17(15-7-4-10-21-15)19-12-13-8-9-16(18-11-13)22-14-5-2-1-3-6-14/h8-9,11,14-15H,1-7,10,12H2,(H,19,20)/t15-/m1/s1. The van der Waals surface area contributed by atoms with Gasteiger partial charge in [-0.3, -0.25) is 4.79 Å². The van der Waals surface area contributed by atoms with Gasteiger partial charge in [-0.15, -0.1) is 0 Å². The van der Waals surface area contributed by atoms with Crippen LogP contribution in [-0.4, -0.2) is 29.7 Å². The normalized spacial score (nSPS) is 22.5. The molecular weight excluding hydrogens is 280 g/mol. The number of nitrogens with one attached hydrogen (secondary N) is 1. The van der Waals surface area contributed by atoms with Crippen molar-refractivity contribution in [1.82, 2.24) is 10.3 Å². The van der Waals surface area contributed by atoms with E-state index in [1.807, 2.05) is 12.1 Å². The molecule has 0 spiro atoms. The van der Waals surface area contributed by atoms with Crippen LogP contribution >= 0.6 is 0 Å². The van der Waals surface area contributed by atoms with Gasteiger partial charge in [0.1, 0.15) is 12.2 Å². The number of ether oxygens (including phenoxy) is 2. The van der Waals surface area contributed by atoms with Crippen LogP contribution in [0, 0.1) is 0 Å². The SMILES string of the molecule is O=C(NCc1ccc(OC2CCCCC2)nc1)[C@H]1CCCO1. The molecule has 2 fully saturated rings. The number of carbonyl (C=O) groups excluding carboxylic acids is 1. The number of hydrogen-bond acceptors (Lipinski definition) is 4. The molecule has 1 aromatic rings. The maximum atomic E-state index is 11.9. The first-order valence-corrected chi connectivity index (χ1v) is 8.32. The van der Waals surface area contributed by atoms with Crippen LogP contribution in [0.25, 0.3) is 0 Å². The van der Waals surface area contributed by atoms with Crippen LogP contribution in [0.4, 0.5) is 0 Å². The maximum absolute atomic E-state index is 11.9. The largest absolute Gasteiger partial charge is 0.474 e. The summed E-state index contributed by atoms with van der Waals surface area (Å²) in [5.41, 5.74) is 0.974. The molecular formula is C17H24N2O3. The molecule has 3 rings (SSSR count). The van der Waals surface area contributed by atoms with Crippen molar-refractivity contribution in [3.8, 4) is 5.88 Å². The Balaban J connectivity index is 1.45. The Kier molecular flexibility index (Phi) is 5.27. The Bertz CT molecular complexity index is 477. The molecule has 2 heterocycles. The molecule has 0 radical (unpaired) electrons. The highest BCUT2D eigenvalue weighted by molar-refractivity contribution is 5.80. The second-order valence-corrected chi connectivity index (χ2v) is 6.10. The molecule has 5 nitrogen and oxygen atoms in total. The van der Waals surface area contributed by atoms with E-state index in [9.17, 15) is 4.79 Å². The predicted octanol–water partition coefficient (Wildman–Crippen LogP) is 2.59. The molecule has 1 aliphatic carbocycles. The average Bonchev–Trinajstić information content (AvgIpc) is 3.09. The van der Waals surface area contributed by atoms with Crippen molar-refractivity contribution in [3.63, 3.8) is 0 Å². The zero-order valence-electron chi connectivity index (χ0n) is 12.9. The number of aromatic nitrogens is 1. The van der Waals surface area contributed by atoms with Gasteiger partial charge in [-0.05, 0) is 44.1 Å². The molecule has 0 bridgehead atoms. The summed E-state index contributed by atoms with van der Waals surface area (Å²) in [4.78, 5) is 16.2. The van der Waals surface area contributed by atoms with Crippen LogP contribution in [0.3, 0.4) is 0 Å². The number of pyridine rings is 1. The fourth-order valence-electron chi connectivity index (χ4n) is 3.03. The van der Waals surface area contributed by atoms with Crippen LogP contribution in [0.5, 0.6) is 5.88 Å². The Labute approximate surface area is 131 Å². The van der Waals surface area contributed by atoms with Crippen molar-refractivity contribution >= 4 is 5.91 Å². The Hall–Kier alpha value is -1.62. The van der Waals surface area contributed by atoms with Crippen molar-refractivity contribution in [1.29, 1.82) is 0 Å². The highest BCUT2D eigenvalue weighted by Gasteiger charge is 2.23.